The second-order valence-electron chi connectivity index (χ2n) is 4.08. The summed E-state index contributed by atoms with van der Waals surface area (Å²) in [5.74, 6) is 0.124. The summed E-state index contributed by atoms with van der Waals surface area (Å²) in [6, 6.07) is 1.70. The first kappa shape index (κ1) is 11.3. The fourth-order valence-corrected chi connectivity index (χ4v) is 1.87. The first-order chi connectivity index (χ1) is 6.25. The summed E-state index contributed by atoms with van der Waals surface area (Å²) in [6.45, 7) is 6.81. The smallest absolute Gasteiger partial charge is 0.124 e. The first-order valence-corrected chi connectivity index (χ1v) is 4.84. The summed E-state index contributed by atoms with van der Waals surface area (Å²) >= 11 is 5.97. The van der Waals surface area contributed by atoms with Crippen molar-refractivity contribution < 1.29 is 10.2 Å². The predicted octanol–water partition coefficient (Wildman–Crippen LogP) is 2.89. The maximum absolute atomic E-state index is 9.88. The van der Waals surface area contributed by atoms with Crippen molar-refractivity contribution >= 4 is 11.6 Å². The Labute approximate surface area is 89.1 Å². The minimum Gasteiger partial charge on any atom is -0.507 e. The van der Waals surface area contributed by atoms with Crippen LogP contribution in [-0.4, -0.2) is 10.2 Å². The third-order valence-corrected chi connectivity index (χ3v) is 2.69. The van der Waals surface area contributed by atoms with Crippen molar-refractivity contribution in [3.05, 3.63) is 27.8 Å². The minimum atomic E-state index is -1.08. The van der Waals surface area contributed by atoms with Crippen molar-refractivity contribution in [1.29, 1.82) is 0 Å². The zero-order valence-corrected chi connectivity index (χ0v) is 9.61. The third-order valence-electron chi connectivity index (χ3n) is 2.30. The summed E-state index contributed by atoms with van der Waals surface area (Å²) in [7, 11) is 0. The van der Waals surface area contributed by atoms with E-state index < -0.39 is 5.60 Å². The standard InChI is InChI=1S/C11H15ClO2/c1-6-5-8(12)7(2)9(10(6)13)11(3,4)14/h5,13-14H,1-4H3. The highest BCUT2D eigenvalue weighted by molar-refractivity contribution is 6.31. The van der Waals surface area contributed by atoms with Crippen LogP contribution in [0.3, 0.4) is 0 Å². The highest BCUT2D eigenvalue weighted by Crippen LogP contribution is 2.37. The molecule has 2 N–H and O–H groups in total. The van der Waals surface area contributed by atoms with Gasteiger partial charge in [0.1, 0.15) is 5.75 Å². The maximum Gasteiger partial charge on any atom is 0.124 e. The van der Waals surface area contributed by atoms with Crippen LogP contribution in [0.1, 0.15) is 30.5 Å². The van der Waals surface area contributed by atoms with E-state index >= 15 is 0 Å². The Morgan fingerprint density at radius 2 is 1.79 bits per heavy atom. The Balaban J connectivity index is 3.56. The average molecular weight is 215 g/mol. The minimum absolute atomic E-state index is 0.124. The Bertz CT molecular complexity index is 338. The molecule has 0 aliphatic rings. The highest BCUT2D eigenvalue weighted by atomic mass is 35.5. The second-order valence-corrected chi connectivity index (χ2v) is 4.49. The zero-order valence-electron chi connectivity index (χ0n) is 8.85. The van der Waals surface area contributed by atoms with Gasteiger partial charge < -0.3 is 10.2 Å². The van der Waals surface area contributed by atoms with Crippen LogP contribution in [0.5, 0.6) is 5.75 Å². The number of aromatic hydroxyl groups is 1. The van der Waals surface area contributed by atoms with E-state index in [-0.39, 0.29) is 5.75 Å². The number of benzene rings is 1. The quantitative estimate of drug-likeness (QED) is 0.755. The molecule has 0 fully saturated rings. The Morgan fingerprint density at radius 3 is 2.21 bits per heavy atom. The summed E-state index contributed by atoms with van der Waals surface area (Å²) in [6.07, 6.45) is 0. The molecule has 0 heterocycles. The monoisotopic (exact) mass is 214 g/mol. The van der Waals surface area contributed by atoms with Gasteiger partial charge in [0.2, 0.25) is 0 Å². The molecule has 0 spiro atoms. The van der Waals surface area contributed by atoms with Crippen molar-refractivity contribution in [1.82, 2.24) is 0 Å². The molecule has 0 bridgehead atoms. The van der Waals surface area contributed by atoms with Crippen molar-refractivity contribution in [2.45, 2.75) is 33.3 Å². The predicted molar refractivity (Wildman–Crippen MR) is 57.8 cm³/mol. The lowest BCUT2D eigenvalue weighted by Gasteiger charge is -2.23. The van der Waals surface area contributed by atoms with Gasteiger partial charge in [0.05, 0.1) is 5.60 Å². The van der Waals surface area contributed by atoms with Crippen molar-refractivity contribution in [3.8, 4) is 5.75 Å². The van der Waals surface area contributed by atoms with Crippen LogP contribution in [0.15, 0.2) is 6.07 Å². The van der Waals surface area contributed by atoms with Gasteiger partial charge in [0.15, 0.2) is 0 Å². The Kier molecular flexibility index (Phi) is 2.79. The van der Waals surface area contributed by atoms with Crippen molar-refractivity contribution in [2.75, 3.05) is 0 Å². The summed E-state index contributed by atoms with van der Waals surface area (Å²) in [4.78, 5) is 0. The molecule has 0 saturated heterocycles. The average Bonchev–Trinajstić information content (AvgIpc) is 1.98. The number of hydrogen-bond acceptors (Lipinski definition) is 2. The molecule has 14 heavy (non-hydrogen) atoms. The van der Waals surface area contributed by atoms with Crippen LogP contribution < -0.4 is 0 Å². The van der Waals surface area contributed by atoms with Gasteiger partial charge in [0.25, 0.3) is 0 Å². The Morgan fingerprint density at radius 1 is 1.29 bits per heavy atom. The van der Waals surface area contributed by atoms with Gasteiger partial charge in [-0.1, -0.05) is 11.6 Å². The number of aliphatic hydroxyl groups is 1. The van der Waals surface area contributed by atoms with Crippen LogP contribution in [-0.2, 0) is 5.60 Å². The third kappa shape index (κ3) is 1.86. The van der Waals surface area contributed by atoms with Crippen LogP contribution >= 0.6 is 11.6 Å². The number of hydrogen-bond donors (Lipinski definition) is 2. The molecule has 0 amide bonds. The fourth-order valence-electron chi connectivity index (χ4n) is 1.61. The number of phenols is 1. The summed E-state index contributed by atoms with van der Waals surface area (Å²) in [5.41, 5.74) is 0.826. The number of halogens is 1. The van der Waals surface area contributed by atoms with Gasteiger partial charge in [0, 0.05) is 10.6 Å². The van der Waals surface area contributed by atoms with Crippen LogP contribution in [0, 0.1) is 13.8 Å². The highest BCUT2D eigenvalue weighted by Gasteiger charge is 2.25. The van der Waals surface area contributed by atoms with Crippen LogP contribution in [0.2, 0.25) is 5.02 Å². The Hall–Kier alpha value is -0.730. The molecule has 0 aliphatic heterocycles. The van der Waals surface area contributed by atoms with E-state index in [4.69, 9.17) is 11.6 Å². The molecular formula is C11H15ClO2. The molecule has 0 aromatic heterocycles. The van der Waals surface area contributed by atoms with E-state index in [1.807, 2.05) is 0 Å². The molecule has 0 unspecified atom stereocenters. The zero-order chi connectivity index (χ0) is 11.1. The van der Waals surface area contributed by atoms with E-state index in [2.05, 4.69) is 0 Å². The molecule has 2 nitrogen and oxygen atoms in total. The van der Waals surface area contributed by atoms with Gasteiger partial charge in [-0.25, -0.2) is 0 Å². The molecule has 0 radical (unpaired) electrons. The first-order valence-electron chi connectivity index (χ1n) is 4.46. The second kappa shape index (κ2) is 3.44. The fraction of sp³-hybridized carbons (Fsp3) is 0.455. The van der Waals surface area contributed by atoms with Crippen molar-refractivity contribution in [3.63, 3.8) is 0 Å². The molecule has 0 aliphatic carbocycles. The summed E-state index contributed by atoms with van der Waals surface area (Å²) in [5, 5.41) is 20.3. The van der Waals surface area contributed by atoms with E-state index in [0.29, 0.717) is 16.1 Å². The number of aryl methyl sites for hydroxylation is 1. The van der Waals surface area contributed by atoms with Gasteiger partial charge in [-0.15, -0.1) is 0 Å². The molecule has 0 atom stereocenters. The topological polar surface area (TPSA) is 40.5 Å². The molecule has 0 saturated carbocycles. The maximum atomic E-state index is 9.88. The van der Waals surface area contributed by atoms with Gasteiger partial charge in [-0.3, -0.25) is 0 Å². The summed E-state index contributed by atoms with van der Waals surface area (Å²) < 4.78 is 0. The van der Waals surface area contributed by atoms with Crippen LogP contribution in [0.4, 0.5) is 0 Å². The SMILES string of the molecule is Cc1cc(Cl)c(C)c(C(C)(C)O)c1O. The van der Waals surface area contributed by atoms with E-state index in [9.17, 15) is 10.2 Å². The molecule has 78 valence electrons. The van der Waals surface area contributed by atoms with E-state index in [1.54, 1.807) is 33.8 Å². The van der Waals surface area contributed by atoms with Crippen LogP contribution in [0.25, 0.3) is 0 Å². The lowest BCUT2D eigenvalue weighted by molar-refractivity contribution is 0.0750. The number of rotatable bonds is 1. The van der Waals surface area contributed by atoms with Gasteiger partial charge >= 0.3 is 0 Å². The van der Waals surface area contributed by atoms with Gasteiger partial charge in [-0.2, -0.15) is 0 Å². The lowest BCUT2D eigenvalue weighted by Crippen LogP contribution is -2.18. The molecule has 3 heteroatoms. The molecular weight excluding hydrogens is 200 g/mol. The molecule has 1 aromatic carbocycles. The van der Waals surface area contributed by atoms with E-state index in [0.717, 1.165) is 5.56 Å². The van der Waals surface area contributed by atoms with E-state index in [1.165, 1.54) is 0 Å². The molecule has 1 rings (SSSR count). The van der Waals surface area contributed by atoms with Gasteiger partial charge in [-0.05, 0) is 44.9 Å². The normalized spacial score (nSPS) is 11.9. The molecule has 1 aromatic rings. The largest absolute Gasteiger partial charge is 0.507 e. The van der Waals surface area contributed by atoms with Crippen molar-refractivity contribution in [2.24, 2.45) is 0 Å². The number of phenolic OH excluding ortho intramolecular Hbond substituents is 1. The lowest BCUT2D eigenvalue weighted by atomic mass is 9.91.